The molecule has 36 heavy (non-hydrogen) atoms. The van der Waals surface area contributed by atoms with E-state index < -0.39 is 13.7 Å². The molecule has 10 heteroatoms. The molecule has 2 aromatic heterocycles. The second-order valence-electron chi connectivity index (χ2n) is 12.8. The SMILES string of the molecule is CC1CN(C(=O)OC(C)(C)C)C2(CCN(c3cnc4c(n3)c(I)cn4COCC[Si](C)(C)C)CC2)C1. The second-order valence-corrected chi connectivity index (χ2v) is 19.6. The first kappa shape index (κ1) is 27.6. The summed E-state index contributed by atoms with van der Waals surface area (Å²) in [6, 6.07) is 1.15. The Balaban J connectivity index is 1.43. The summed E-state index contributed by atoms with van der Waals surface area (Å²) in [6.07, 6.45) is 6.65. The summed E-state index contributed by atoms with van der Waals surface area (Å²) < 4.78 is 14.9. The number of aromatic nitrogens is 3. The zero-order valence-corrected chi connectivity index (χ0v) is 26.1. The minimum Gasteiger partial charge on any atom is -0.444 e. The van der Waals surface area contributed by atoms with Gasteiger partial charge in [0.2, 0.25) is 0 Å². The van der Waals surface area contributed by atoms with Crippen LogP contribution in [-0.2, 0) is 16.2 Å². The molecule has 0 saturated carbocycles. The van der Waals surface area contributed by atoms with Gasteiger partial charge in [0.05, 0.1) is 9.77 Å². The molecule has 0 radical (unpaired) electrons. The molecular formula is C26H42IN5O3Si. The molecule has 4 rings (SSSR count). The molecule has 1 atom stereocenters. The van der Waals surface area contributed by atoms with Gasteiger partial charge in [0.25, 0.3) is 0 Å². The smallest absolute Gasteiger partial charge is 0.410 e. The van der Waals surface area contributed by atoms with Gasteiger partial charge in [-0.3, -0.25) is 0 Å². The fourth-order valence-corrected chi connectivity index (χ4v) is 6.79. The van der Waals surface area contributed by atoms with Gasteiger partial charge < -0.3 is 23.8 Å². The van der Waals surface area contributed by atoms with E-state index in [1.54, 1.807) is 0 Å². The quantitative estimate of drug-likeness (QED) is 0.224. The third-order valence-electron chi connectivity index (χ3n) is 7.16. The summed E-state index contributed by atoms with van der Waals surface area (Å²) in [6.45, 7) is 18.9. The predicted octanol–water partition coefficient (Wildman–Crippen LogP) is 5.96. The van der Waals surface area contributed by atoms with Crippen molar-refractivity contribution in [2.75, 3.05) is 31.1 Å². The summed E-state index contributed by atoms with van der Waals surface area (Å²) in [5.74, 6) is 1.39. The molecule has 200 valence electrons. The normalized spacial score (nSPS) is 20.5. The Morgan fingerprint density at radius 2 is 1.94 bits per heavy atom. The van der Waals surface area contributed by atoms with Crippen LogP contribution in [0.4, 0.5) is 10.6 Å². The number of hydrogen-bond acceptors (Lipinski definition) is 6. The summed E-state index contributed by atoms with van der Waals surface area (Å²) in [5, 5.41) is 0. The molecule has 2 aliphatic heterocycles. The number of carbonyl (C=O) groups excluding carboxylic acids is 1. The molecule has 0 bridgehead atoms. The first-order valence-electron chi connectivity index (χ1n) is 13.1. The maximum absolute atomic E-state index is 13.0. The van der Waals surface area contributed by atoms with E-state index in [0.717, 1.165) is 72.1 Å². The van der Waals surface area contributed by atoms with Crippen molar-refractivity contribution in [3.05, 3.63) is 16.0 Å². The third kappa shape index (κ3) is 6.35. The lowest BCUT2D eigenvalue weighted by molar-refractivity contribution is 0.00307. The van der Waals surface area contributed by atoms with E-state index in [-0.39, 0.29) is 11.6 Å². The van der Waals surface area contributed by atoms with Crippen LogP contribution >= 0.6 is 22.6 Å². The van der Waals surface area contributed by atoms with Gasteiger partial charge in [0, 0.05) is 46.1 Å². The maximum Gasteiger partial charge on any atom is 0.410 e. The molecule has 4 heterocycles. The lowest BCUT2D eigenvalue weighted by Gasteiger charge is -2.45. The summed E-state index contributed by atoms with van der Waals surface area (Å²) in [4.78, 5) is 27.1. The molecule has 1 unspecified atom stereocenters. The van der Waals surface area contributed by atoms with Gasteiger partial charge in [-0.2, -0.15) is 0 Å². The summed E-state index contributed by atoms with van der Waals surface area (Å²) in [5.41, 5.74) is 1.18. The number of ether oxygens (including phenoxy) is 2. The minimum atomic E-state index is -1.11. The molecule has 2 aliphatic rings. The average Bonchev–Trinajstić information content (AvgIpc) is 3.26. The van der Waals surface area contributed by atoms with Crippen LogP contribution in [0.15, 0.2) is 12.4 Å². The van der Waals surface area contributed by atoms with E-state index >= 15 is 0 Å². The van der Waals surface area contributed by atoms with Crippen molar-refractivity contribution in [1.82, 2.24) is 19.4 Å². The van der Waals surface area contributed by atoms with Gasteiger partial charge >= 0.3 is 6.09 Å². The maximum atomic E-state index is 13.0. The van der Waals surface area contributed by atoms with Crippen molar-refractivity contribution in [1.29, 1.82) is 0 Å². The van der Waals surface area contributed by atoms with Crippen molar-refractivity contribution < 1.29 is 14.3 Å². The minimum absolute atomic E-state index is 0.124. The Hall–Kier alpha value is -1.40. The molecule has 2 aromatic rings. The highest BCUT2D eigenvalue weighted by Crippen LogP contribution is 2.42. The van der Waals surface area contributed by atoms with E-state index in [1.807, 2.05) is 31.9 Å². The van der Waals surface area contributed by atoms with Crippen molar-refractivity contribution in [3.63, 3.8) is 0 Å². The monoisotopic (exact) mass is 627 g/mol. The Kier molecular flexibility index (Phi) is 7.98. The number of nitrogens with zero attached hydrogens (tertiary/aromatic N) is 5. The van der Waals surface area contributed by atoms with E-state index in [4.69, 9.17) is 19.4 Å². The molecular weight excluding hydrogens is 585 g/mol. The highest BCUT2D eigenvalue weighted by atomic mass is 127. The van der Waals surface area contributed by atoms with Crippen LogP contribution in [-0.4, -0.2) is 71.0 Å². The zero-order chi connectivity index (χ0) is 26.3. The third-order valence-corrected chi connectivity index (χ3v) is 9.66. The lowest BCUT2D eigenvalue weighted by atomic mass is 9.83. The first-order chi connectivity index (χ1) is 16.8. The second kappa shape index (κ2) is 10.4. The van der Waals surface area contributed by atoms with Gasteiger partial charge in [-0.25, -0.2) is 14.8 Å². The van der Waals surface area contributed by atoms with E-state index in [0.29, 0.717) is 12.6 Å². The lowest BCUT2D eigenvalue weighted by Crippen LogP contribution is -2.55. The van der Waals surface area contributed by atoms with Crippen LogP contribution in [0, 0.1) is 9.49 Å². The Labute approximate surface area is 230 Å². The van der Waals surface area contributed by atoms with Crippen molar-refractivity contribution in [2.45, 2.75) is 90.5 Å². The van der Waals surface area contributed by atoms with Crippen molar-refractivity contribution in [3.8, 4) is 0 Å². The molecule has 2 saturated heterocycles. The van der Waals surface area contributed by atoms with Crippen LogP contribution in [0.25, 0.3) is 11.2 Å². The highest BCUT2D eigenvalue weighted by Gasteiger charge is 2.49. The zero-order valence-electron chi connectivity index (χ0n) is 22.9. The molecule has 0 aromatic carbocycles. The molecule has 1 spiro atoms. The topological polar surface area (TPSA) is 72.7 Å². The molecule has 2 fully saturated rings. The van der Waals surface area contributed by atoms with Gasteiger partial charge in [-0.1, -0.05) is 26.6 Å². The predicted molar refractivity (Wildman–Crippen MR) is 155 cm³/mol. The van der Waals surface area contributed by atoms with Crippen LogP contribution in [0.5, 0.6) is 0 Å². The van der Waals surface area contributed by atoms with Gasteiger partial charge in [0.15, 0.2) is 5.65 Å². The molecule has 8 nitrogen and oxygen atoms in total. The average molecular weight is 628 g/mol. The number of halogens is 1. The number of rotatable bonds is 6. The number of anilines is 1. The van der Waals surface area contributed by atoms with E-state index in [1.165, 1.54) is 0 Å². The number of piperidine rings is 1. The van der Waals surface area contributed by atoms with Gasteiger partial charge in [0.1, 0.15) is 23.7 Å². The number of amides is 1. The van der Waals surface area contributed by atoms with Crippen LogP contribution < -0.4 is 4.90 Å². The van der Waals surface area contributed by atoms with Gasteiger partial charge in [-0.15, -0.1) is 0 Å². The highest BCUT2D eigenvalue weighted by molar-refractivity contribution is 14.1. The Bertz CT molecular complexity index is 1090. The van der Waals surface area contributed by atoms with Gasteiger partial charge in [-0.05, 0) is 74.6 Å². The Morgan fingerprint density at radius 3 is 2.58 bits per heavy atom. The van der Waals surface area contributed by atoms with Crippen molar-refractivity contribution >= 4 is 53.7 Å². The van der Waals surface area contributed by atoms with Crippen LogP contribution in [0.2, 0.25) is 25.7 Å². The number of carbonyl (C=O) groups is 1. The summed E-state index contributed by atoms with van der Waals surface area (Å²) >= 11 is 2.34. The number of hydrogen-bond donors (Lipinski definition) is 0. The fraction of sp³-hybridized carbons (Fsp3) is 0.731. The van der Waals surface area contributed by atoms with Crippen molar-refractivity contribution in [2.24, 2.45) is 5.92 Å². The molecule has 0 aliphatic carbocycles. The van der Waals surface area contributed by atoms with E-state index in [2.05, 4.69) is 64.8 Å². The first-order valence-corrected chi connectivity index (χ1v) is 17.9. The van der Waals surface area contributed by atoms with E-state index in [9.17, 15) is 4.79 Å². The number of fused-ring (bicyclic) bond motifs is 1. The standard InChI is InChI=1S/C26H42IN5O3Si/c1-19-14-26(32(16-19)24(33)35-25(2,3)4)8-10-30(11-9-26)21-15-28-23-22(29-21)20(27)17-31(23)18-34-12-13-36(5,6)7/h15,17,19H,8-14,16,18H2,1-7H3. The van der Waals surface area contributed by atoms with Crippen LogP contribution in [0.3, 0.4) is 0 Å². The Morgan fingerprint density at radius 1 is 1.25 bits per heavy atom. The van der Waals surface area contributed by atoms with Crippen LogP contribution in [0.1, 0.15) is 47.0 Å². The fourth-order valence-electron chi connectivity index (χ4n) is 5.33. The molecule has 0 N–H and O–H groups in total. The number of likely N-dealkylation sites (tertiary alicyclic amines) is 1. The molecule has 1 amide bonds. The summed E-state index contributed by atoms with van der Waals surface area (Å²) in [7, 11) is -1.11. The largest absolute Gasteiger partial charge is 0.444 e.